The molecule has 4 rings (SSSR count). The molecule has 2 aromatic rings. The summed E-state index contributed by atoms with van der Waals surface area (Å²) < 4.78 is 14.5. The summed E-state index contributed by atoms with van der Waals surface area (Å²) in [7, 11) is 0. The SMILES string of the molecule is O=C(O)c1cc2c(c(C(O)C(OCCO)c3cc(C(=O)O)cc4c3C(=O)OC4=O)c1)C(=O)OC2=O. The fraction of sp³-hybridized carbons (Fsp3) is 0.182. The molecule has 0 spiro atoms. The number of hydrogen-bond acceptors (Lipinski definition) is 11. The van der Waals surface area contributed by atoms with Gasteiger partial charge in [-0.25, -0.2) is 28.8 Å². The van der Waals surface area contributed by atoms with Crippen LogP contribution in [0, 0.1) is 0 Å². The van der Waals surface area contributed by atoms with E-state index in [9.17, 15) is 49.2 Å². The Hall–Kier alpha value is -4.46. The van der Waals surface area contributed by atoms with E-state index in [1.54, 1.807) is 0 Å². The largest absolute Gasteiger partial charge is 0.478 e. The van der Waals surface area contributed by atoms with Crippen molar-refractivity contribution in [1.29, 1.82) is 0 Å². The quantitative estimate of drug-likeness (QED) is 0.296. The minimum atomic E-state index is -2.01. The van der Waals surface area contributed by atoms with Gasteiger partial charge in [0.25, 0.3) is 0 Å². The molecule has 2 unspecified atom stereocenters. The van der Waals surface area contributed by atoms with E-state index in [1.165, 1.54) is 0 Å². The number of carbonyl (C=O) groups is 6. The lowest BCUT2D eigenvalue weighted by atomic mass is 9.87. The highest BCUT2D eigenvalue weighted by Crippen LogP contribution is 2.41. The average molecular weight is 486 g/mol. The lowest BCUT2D eigenvalue weighted by Gasteiger charge is -2.26. The van der Waals surface area contributed by atoms with Crippen LogP contribution < -0.4 is 0 Å². The number of cyclic esters (lactones) is 4. The number of carbonyl (C=O) groups excluding carboxylic acids is 4. The lowest BCUT2D eigenvalue weighted by molar-refractivity contribution is -0.0518. The van der Waals surface area contributed by atoms with Gasteiger partial charge < -0.3 is 34.6 Å². The molecule has 4 N–H and O–H groups in total. The number of hydrogen-bond donors (Lipinski definition) is 4. The molecule has 180 valence electrons. The molecule has 0 bridgehead atoms. The molecule has 2 atom stereocenters. The highest BCUT2D eigenvalue weighted by Gasteiger charge is 2.41. The van der Waals surface area contributed by atoms with Gasteiger partial charge in [-0.05, 0) is 35.4 Å². The smallest absolute Gasteiger partial charge is 0.347 e. The monoisotopic (exact) mass is 486 g/mol. The topological polar surface area (TPSA) is 211 Å². The zero-order chi connectivity index (χ0) is 25.6. The van der Waals surface area contributed by atoms with Crippen LogP contribution in [0.1, 0.15) is 85.5 Å². The summed E-state index contributed by atoms with van der Waals surface area (Å²) in [5.74, 6) is -7.66. The van der Waals surface area contributed by atoms with Gasteiger partial charge in [-0.1, -0.05) is 0 Å². The second kappa shape index (κ2) is 8.72. The fourth-order valence-corrected chi connectivity index (χ4v) is 3.89. The van der Waals surface area contributed by atoms with Crippen molar-refractivity contribution >= 4 is 35.8 Å². The molecule has 0 saturated carbocycles. The van der Waals surface area contributed by atoms with Gasteiger partial charge >= 0.3 is 35.8 Å². The first-order chi connectivity index (χ1) is 16.5. The maximum atomic E-state index is 12.4. The van der Waals surface area contributed by atoms with Crippen LogP contribution in [0.25, 0.3) is 0 Å². The third-order valence-corrected chi connectivity index (χ3v) is 5.35. The van der Waals surface area contributed by atoms with Crippen molar-refractivity contribution < 1.29 is 63.4 Å². The van der Waals surface area contributed by atoms with Crippen molar-refractivity contribution in [3.05, 3.63) is 68.8 Å². The Kier molecular flexibility index (Phi) is 5.90. The van der Waals surface area contributed by atoms with E-state index in [1.807, 2.05) is 0 Å². The summed E-state index contributed by atoms with van der Waals surface area (Å²) in [5.41, 5.74) is -3.51. The number of rotatable bonds is 8. The summed E-state index contributed by atoms with van der Waals surface area (Å²) in [4.78, 5) is 72.0. The summed E-state index contributed by atoms with van der Waals surface area (Å²) in [6, 6.07) is 3.58. The Morgan fingerprint density at radius 2 is 1.23 bits per heavy atom. The van der Waals surface area contributed by atoms with Gasteiger partial charge in [-0.3, -0.25) is 0 Å². The van der Waals surface area contributed by atoms with Crippen LogP contribution in [-0.4, -0.2) is 69.5 Å². The molecule has 0 fully saturated rings. The molecular weight excluding hydrogens is 472 g/mol. The van der Waals surface area contributed by atoms with Crippen LogP contribution >= 0.6 is 0 Å². The normalized spacial score (nSPS) is 15.8. The van der Waals surface area contributed by atoms with Crippen LogP contribution in [0.4, 0.5) is 0 Å². The molecule has 13 nitrogen and oxygen atoms in total. The molecule has 0 aliphatic carbocycles. The maximum Gasteiger partial charge on any atom is 0.347 e. The van der Waals surface area contributed by atoms with Crippen molar-refractivity contribution in [3.8, 4) is 0 Å². The van der Waals surface area contributed by atoms with Crippen LogP contribution in [-0.2, 0) is 14.2 Å². The third kappa shape index (κ3) is 3.93. The van der Waals surface area contributed by atoms with Gasteiger partial charge in [-0.15, -0.1) is 0 Å². The lowest BCUT2D eigenvalue weighted by Crippen LogP contribution is -2.22. The number of carboxylic acids is 2. The minimum Gasteiger partial charge on any atom is -0.478 e. The number of fused-ring (bicyclic) bond motifs is 2. The molecule has 0 aromatic heterocycles. The van der Waals surface area contributed by atoms with E-state index in [2.05, 4.69) is 9.47 Å². The number of ether oxygens (including phenoxy) is 3. The first-order valence-corrected chi connectivity index (χ1v) is 9.81. The number of benzene rings is 2. The van der Waals surface area contributed by atoms with E-state index in [4.69, 9.17) is 4.74 Å². The molecule has 35 heavy (non-hydrogen) atoms. The molecule has 0 amide bonds. The van der Waals surface area contributed by atoms with Gasteiger partial charge in [0.2, 0.25) is 0 Å². The number of esters is 4. The zero-order valence-corrected chi connectivity index (χ0v) is 17.3. The highest BCUT2D eigenvalue weighted by molar-refractivity contribution is 6.17. The second-order valence-corrected chi connectivity index (χ2v) is 7.40. The Morgan fingerprint density at radius 3 is 1.69 bits per heavy atom. The summed E-state index contributed by atoms with van der Waals surface area (Å²) in [6.45, 7) is -1.07. The molecule has 0 saturated heterocycles. The van der Waals surface area contributed by atoms with Crippen LogP contribution in [0.5, 0.6) is 0 Å². The first kappa shape index (κ1) is 23.7. The first-order valence-electron chi connectivity index (χ1n) is 9.81. The standard InChI is InChI=1S/C22H14O13/c23-1-2-33-16(10-4-8(18(27)28)6-12-14(10)22(32)35-20(12)30)15(24)9-3-7(17(25)26)5-11-13(9)21(31)34-19(11)29/h3-6,15-16,23-24H,1-2H2,(H,25,26)(H,27,28). The number of carboxylic acid groups (broad SMARTS) is 2. The summed E-state index contributed by atoms with van der Waals surface area (Å²) >= 11 is 0. The van der Waals surface area contributed by atoms with Crippen LogP contribution in [0.15, 0.2) is 24.3 Å². The van der Waals surface area contributed by atoms with E-state index in [0.29, 0.717) is 0 Å². The average Bonchev–Trinajstić information content (AvgIpc) is 3.27. The van der Waals surface area contributed by atoms with E-state index in [-0.39, 0.29) is 5.56 Å². The van der Waals surface area contributed by atoms with Gasteiger partial charge in [0.15, 0.2) is 0 Å². The summed E-state index contributed by atoms with van der Waals surface area (Å²) in [5, 5.41) is 39.4. The molecule has 2 aromatic carbocycles. The Bertz CT molecular complexity index is 1340. The predicted molar refractivity (Wildman–Crippen MR) is 107 cm³/mol. The van der Waals surface area contributed by atoms with Crippen molar-refractivity contribution in [2.45, 2.75) is 12.2 Å². The highest BCUT2D eigenvalue weighted by atomic mass is 16.6. The van der Waals surface area contributed by atoms with E-state index < -0.39 is 100 Å². The minimum absolute atomic E-state index is 0.344. The summed E-state index contributed by atoms with van der Waals surface area (Å²) in [6.07, 6.45) is -3.74. The van der Waals surface area contributed by atoms with Gasteiger partial charge in [0.05, 0.1) is 46.6 Å². The second-order valence-electron chi connectivity index (χ2n) is 7.40. The number of aliphatic hydroxyl groups is 2. The Labute approximate surface area is 194 Å². The number of aliphatic hydroxyl groups excluding tert-OH is 2. The zero-order valence-electron chi connectivity index (χ0n) is 17.3. The maximum absolute atomic E-state index is 12.4. The van der Waals surface area contributed by atoms with Crippen LogP contribution in [0.3, 0.4) is 0 Å². The molecule has 2 aliphatic heterocycles. The Morgan fingerprint density at radius 1 is 0.771 bits per heavy atom. The molecule has 2 heterocycles. The molecule has 0 radical (unpaired) electrons. The van der Waals surface area contributed by atoms with Crippen molar-refractivity contribution in [3.63, 3.8) is 0 Å². The van der Waals surface area contributed by atoms with E-state index in [0.717, 1.165) is 24.3 Å². The predicted octanol–water partition coefficient (Wildman–Crippen LogP) is 0.488. The van der Waals surface area contributed by atoms with Crippen molar-refractivity contribution in [1.82, 2.24) is 0 Å². The fourth-order valence-electron chi connectivity index (χ4n) is 3.89. The van der Waals surface area contributed by atoms with Gasteiger partial charge in [0.1, 0.15) is 12.2 Å². The van der Waals surface area contributed by atoms with Gasteiger partial charge in [-0.2, -0.15) is 0 Å². The number of aromatic carboxylic acids is 2. The third-order valence-electron chi connectivity index (χ3n) is 5.35. The Balaban J connectivity index is 1.96. The molecule has 2 aliphatic rings. The van der Waals surface area contributed by atoms with E-state index >= 15 is 0 Å². The van der Waals surface area contributed by atoms with Gasteiger partial charge in [0, 0.05) is 0 Å². The molecular formula is C22H14O13. The van der Waals surface area contributed by atoms with Crippen molar-refractivity contribution in [2.24, 2.45) is 0 Å². The molecule has 13 heteroatoms. The van der Waals surface area contributed by atoms with Crippen molar-refractivity contribution in [2.75, 3.05) is 13.2 Å². The van der Waals surface area contributed by atoms with Crippen LogP contribution in [0.2, 0.25) is 0 Å².